The second-order valence-electron chi connectivity index (χ2n) is 6.93. The summed E-state index contributed by atoms with van der Waals surface area (Å²) in [5, 5.41) is 10.2. The Morgan fingerprint density at radius 2 is 2.08 bits per heavy atom. The van der Waals surface area contributed by atoms with Crippen molar-refractivity contribution in [2.75, 3.05) is 52.5 Å². The number of nitrogens with zero attached hydrogens (tertiary/aromatic N) is 2. The average Bonchev–Trinajstić information content (AvgIpc) is 2.68. The molecule has 3 rings (SSSR count). The number of halogens is 1. The van der Waals surface area contributed by atoms with Gasteiger partial charge in [-0.25, -0.2) is 4.39 Å². The highest BCUT2D eigenvalue weighted by Crippen LogP contribution is 2.20. The van der Waals surface area contributed by atoms with Crippen LogP contribution in [-0.4, -0.2) is 79.5 Å². The van der Waals surface area contributed by atoms with Crippen molar-refractivity contribution in [1.82, 2.24) is 9.80 Å². The summed E-state index contributed by atoms with van der Waals surface area (Å²) in [6.45, 7) is 4.48. The summed E-state index contributed by atoms with van der Waals surface area (Å²) in [6.07, 6.45) is 1.09. The Kier molecular flexibility index (Phi) is 6.82. The molecule has 2 aliphatic heterocycles. The fourth-order valence-electron chi connectivity index (χ4n) is 3.56. The number of para-hydroxylation sites is 1. The van der Waals surface area contributed by atoms with Gasteiger partial charge in [-0.2, -0.15) is 0 Å². The summed E-state index contributed by atoms with van der Waals surface area (Å²) in [5.41, 5.74) is 0. The maximum atomic E-state index is 13.5. The minimum absolute atomic E-state index is 0.0264. The first kappa shape index (κ1) is 19.1. The predicted octanol–water partition coefficient (Wildman–Crippen LogP) is 1.14. The van der Waals surface area contributed by atoms with Crippen molar-refractivity contribution in [2.45, 2.75) is 18.9 Å². The monoisotopic (exact) mass is 366 g/mol. The number of amides is 1. The van der Waals surface area contributed by atoms with Crippen molar-refractivity contribution in [1.29, 1.82) is 0 Å². The number of hydrogen-bond donors (Lipinski definition) is 1. The van der Waals surface area contributed by atoms with Gasteiger partial charge in [-0.15, -0.1) is 0 Å². The smallest absolute Gasteiger partial charge is 0.227 e. The third-order valence-electron chi connectivity index (χ3n) is 4.91. The number of piperidine rings is 1. The van der Waals surface area contributed by atoms with Crippen LogP contribution in [0.5, 0.6) is 5.75 Å². The molecule has 0 spiro atoms. The first-order chi connectivity index (χ1) is 12.6. The molecule has 0 saturated carbocycles. The molecule has 0 aliphatic carbocycles. The molecule has 1 N–H and O–H groups in total. The fraction of sp³-hybridized carbons (Fsp3) is 0.632. The Morgan fingerprint density at radius 1 is 1.31 bits per heavy atom. The van der Waals surface area contributed by atoms with Gasteiger partial charge in [0.15, 0.2) is 11.6 Å². The first-order valence-corrected chi connectivity index (χ1v) is 9.28. The number of ether oxygens (including phenoxy) is 2. The van der Waals surface area contributed by atoms with Crippen LogP contribution in [0.15, 0.2) is 24.3 Å². The van der Waals surface area contributed by atoms with Crippen molar-refractivity contribution in [3.63, 3.8) is 0 Å². The van der Waals surface area contributed by atoms with E-state index in [1.807, 2.05) is 4.90 Å². The zero-order valence-corrected chi connectivity index (χ0v) is 15.0. The van der Waals surface area contributed by atoms with Gasteiger partial charge in [0.1, 0.15) is 12.7 Å². The van der Waals surface area contributed by atoms with E-state index in [1.165, 1.54) is 6.07 Å². The van der Waals surface area contributed by atoms with Gasteiger partial charge in [-0.1, -0.05) is 12.1 Å². The van der Waals surface area contributed by atoms with E-state index >= 15 is 0 Å². The van der Waals surface area contributed by atoms with Gasteiger partial charge in [0.2, 0.25) is 5.91 Å². The van der Waals surface area contributed by atoms with Crippen molar-refractivity contribution in [3.8, 4) is 5.75 Å². The molecule has 1 amide bonds. The van der Waals surface area contributed by atoms with Crippen LogP contribution in [-0.2, 0) is 9.53 Å². The number of aliphatic hydroxyl groups excluding tert-OH is 1. The van der Waals surface area contributed by atoms with Crippen molar-refractivity contribution in [3.05, 3.63) is 30.1 Å². The molecule has 2 fully saturated rings. The molecule has 0 bridgehead atoms. The minimum Gasteiger partial charge on any atom is -0.488 e. The lowest BCUT2D eigenvalue weighted by atomic mass is 9.96. The summed E-state index contributed by atoms with van der Waals surface area (Å²) < 4.78 is 24.2. The number of aliphatic hydroxyl groups is 1. The van der Waals surface area contributed by atoms with E-state index in [4.69, 9.17) is 9.47 Å². The lowest BCUT2D eigenvalue weighted by molar-refractivity contribution is -0.141. The molecular formula is C19H27FN2O4. The van der Waals surface area contributed by atoms with Crippen molar-refractivity contribution in [2.24, 2.45) is 5.92 Å². The number of carbonyl (C=O) groups excluding carboxylic acids is 1. The van der Waals surface area contributed by atoms with Crippen molar-refractivity contribution < 1.29 is 23.8 Å². The highest BCUT2D eigenvalue weighted by molar-refractivity contribution is 5.79. The average molecular weight is 366 g/mol. The SMILES string of the molecule is O=C(C1CCCN(CC(O)COc2ccccc2F)C1)N1CCOCC1. The zero-order chi connectivity index (χ0) is 18.4. The summed E-state index contributed by atoms with van der Waals surface area (Å²) >= 11 is 0. The highest BCUT2D eigenvalue weighted by atomic mass is 19.1. The maximum absolute atomic E-state index is 13.5. The van der Waals surface area contributed by atoms with Gasteiger partial charge in [0.05, 0.1) is 19.1 Å². The molecule has 2 heterocycles. The number of morpholine rings is 1. The third-order valence-corrected chi connectivity index (χ3v) is 4.91. The van der Waals surface area contributed by atoms with Crippen LogP contribution in [0.1, 0.15) is 12.8 Å². The number of benzene rings is 1. The largest absolute Gasteiger partial charge is 0.488 e. The van der Waals surface area contributed by atoms with Crippen LogP contribution in [0.2, 0.25) is 0 Å². The van der Waals surface area contributed by atoms with Crippen LogP contribution < -0.4 is 4.74 Å². The van der Waals surface area contributed by atoms with Crippen LogP contribution in [0.4, 0.5) is 4.39 Å². The highest BCUT2D eigenvalue weighted by Gasteiger charge is 2.30. The van der Waals surface area contributed by atoms with Gasteiger partial charge >= 0.3 is 0 Å². The Labute approximate surface area is 153 Å². The Morgan fingerprint density at radius 3 is 2.85 bits per heavy atom. The second-order valence-corrected chi connectivity index (χ2v) is 6.93. The molecule has 144 valence electrons. The van der Waals surface area contributed by atoms with Crippen LogP contribution >= 0.6 is 0 Å². The molecule has 1 aromatic rings. The van der Waals surface area contributed by atoms with E-state index < -0.39 is 11.9 Å². The second kappa shape index (κ2) is 9.30. The summed E-state index contributed by atoms with van der Waals surface area (Å²) in [7, 11) is 0. The minimum atomic E-state index is -0.730. The van der Waals surface area contributed by atoms with Gasteiger partial charge in [-0.3, -0.25) is 9.69 Å². The van der Waals surface area contributed by atoms with Crippen LogP contribution in [0.25, 0.3) is 0 Å². The first-order valence-electron chi connectivity index (χ1n) is 9.28. The molecule has 2 saturated heterocycles. The quantitative estimate of drug-likeness (QED) is 0.818. The zero-order valence-electron chi connectivity index (χ0n) is 15.0. The van der Waals surface area contributed by atoms with E-state index in [0.717, 1.165) is 19.4 Å². The van der Waals surface area contributed by atoms with E-state index in [9.17, 15) is 14.3 Å². The molecule has 26 heavy (non-hydrogen) atoms. The summed E-state index contributed by atoms with van der Waals surface area (Å²) in [4.78, 5) is 16.6. The number of β-amino-alcohol motifs (C(OH)–C–C–N with tert-alkyl or cyclic N) is 1. The summed E-state index contributed by atoms with van der Waals surface area (Å²) in [5.74, 6) is -0.129. The predicted molar refractivity (Wildman–Crippen MR) is 94.5 cm³/mol. The topological polar surface area (TPSA) is 62.2 Å². The number of likely N-dealkylation sites (tertiary alicyclic amines) is 1. The van der Waals surface area contributed by atoms with Gasteiger partial charge in [0, 0.05) is 26.2 Å². The standard InChI is InChI=1S/C19H27FN2O4/c20-17-5-1-2-6-18(17)26-14-16(23)13-21-7-3-4-15(12-21)19(24)22-8-10-25-11-9-22/h1-2,5-6,15-16,23H,3-4,7-14H2. The molecule has 0 radical (unpaired) electrons. The van der Waals surface area contributed by atoms with Gasteiger partial charge in [0.25, 0.3) is 0 Å². The van der Waals surface area contributed by atoms with Gasteiger partial charge in [-0.05, 0) is 31.5 Å². The van der Waals surface area contributed by atoms with Crippen LogP contribution in [0, 0.1) is 11.7 Å². The number of hydrogen-bond acceptors (Lipinski definition) is 5. The maximum Gasteiger partial charge on any atom is 0.227 e. The van der Waals surface area contributed by atoms with E-state index in [0.29, 0.717) is 39.4 Å². The fourth-order valence-corrected chi connectivity index (χ4v) is 3.56. The third kappa shape index (κ3) is 5.16. The molecule has 2 aliphatic rings. The van der Waals surface area contributed by atoms with Crippen molar-refractivity contribution >= 4 is 5.91 Å². The Hall–Kier alpha value is -1.70. The van der Waals surface area contributed by atoms with Gasteiger partial charge < -0.3 is 19.5 Å². The molecule has 6 nitrogen and oxygen atoms in total. The van der Waals surface area contributed by atoms with E-state index in [1.54, 1.807) is 18.2 Å². The van der Waals surface area contributed by atoms with E-state index in [2.05, 4.69) is 4.90 Å². The Bertz CT molecular complexity index is 595. The molecule has 7 heteroatoms. The molecule has 2 atom stereocenters. The van der Waals surface area contributed by atoms with Crippen LogP contribution in [0.3, 0.4) is 0 Å². The lowest BCUT2D eigenvalue weighted by Gasteiger charge is -2.36. The number of rotatable bonds is 6. The number of carbonyl (C=O) groups is 1. The molecule has 2 unspecified atom stereocenters. The lowest BCUT2D eigenvalue weighted by Crippen LogP contribution is -2.49. The normalized spacial score (nSPS) is 22.8. The molecular weight excluding hydrogens is 339 g/mol. The molecule has 1 aromatic carbocycles. The van der Waals surface area contributed by atoms with E-state index in [-0.39, 0.29) is 24.2 Å². The Balaban J connectivity index is 1.45. The summed E-state index contributed by atoms with van der Waals surface area (Å²) in [6, 6.07) is 6.16. The molecule has 0 aromatic heterocycles.